The van der Waals surface area contributed by atoms with E-state index in [4.69, 9.17) is 0 Å². The molecule has 0 atom stereocenters. The van der Waals surface area contributed by atoms with Crippen LogP contribution in [0.2, 0.25) is 0 Å². The summed E-state index contributed by atoms with van der Waals surface area (Å²) in [6, 6.07) is 8.33. The first-order valence-corrected chi connectivity index (χ1v) is 7.75. The summed E-state index contributed by atoms with van der Waals surface area (Å²) in [4.78, 5) is 10.7. The number of sulfone groups is 1. The van der Waals surface area contributed by atoms with E-state index in [-0.39, 0.29) is 10.5 Å². The molecule has 0 aliphatic rings. The Morgan fingerprint density at radius 3 is 2.13 bits per heavy atom. The first-order chi connectivity index (χ1) is 10.7. The van der Waals surface area contributed by atoms with Crippen LogP contribution in [0.3, 0.4) is 0 Å². The van der Waals surface area contributed by atoms with Gasteiger partial charge in [-0.05, 0) is 36.4 Å². The van der Waals surface area contributed by atoms with Crippen LogP contribution in [0.15, 0.2) is 58.3 Å². The number of ether oxygens (including phenoxy) is 1. The van der Waals surface area contributed by atoms with Gasteiger partial charge in [0.1, 0.15) is 0 Å². The number of hydrogen-bond donors (Lipinski definition) is 0. The number of rotatable bonds is 3. The number of esters is 1. The lowest BCUT2D eigenvalue weighted by Crippen LogP contribution is -2.09. The number of alkyl halides is 3. The van der Waals surface area contributed by atoms with E-state index in [0.717, 1.165) is 31.4 Å². The van der Waals surface area contributed by atoms with Crippen LogP contribution in [0.4, 0.5) is 13.2 Å². The van der Waals surface area contributed by atoms with Crippen molar-refractivity contribution in [2.24, 2.45) is 0 Å². The number of hydrogen-bond acceptors (Lipinski definition) is 4. The summed E-state index contributed by atoms with van der Waals surface area (Å²) in [5, 5.41) is 0. The molecule has 2 aromatic carbocycles. The Kier molecular flexibility index (Phi) is 4.46. The second kappa shape index (κ2) is 6.04. The predicted octanol–water partition coefficient (Wildman–Crippen LogP) is 3.32. The zero-order valence-corrected chi connectivity index (χ0v) is 12.6. The number of carbonyl (C=O) groups excluding carboxylic acids is 1. The summed E-state index contributed by atoms with van der Waals surface area (Å²) in [7, 11) is -3.06. The maximum atomic E-state index is 12.7. The third kappa shape index (κ3) is 3.53. The van der Waals surface area contributed by atoms with Crippen LogP contribution in [0, 0.1) is 0 Å². The number of carbonyl (C=O) groups is 1. The van der Waals surface area contributed by atoms with Crippen LogP contribution >= 0.6 is 0 Å². The van der Waals surface area contributed by atoms with Crippen molar-refractivity contribution in [3.63, 3.8) is 0 Å². The van der Waals surface area contributed by atoms with Gasteiger partial charge in [-0.2, -0.15) is 13.2 Å². The Hall–Kier alpha value is -2.35. The van der Waals surface area contributed by atoms with Crippen LogP contribution < -0.4 is 0 Å². The van der Waals surface area contributed by atoms with Gasteiger partial charge in [0.25, 0.3) is 0 Å². The van der Waals surface area contributed by atoms with Gasteiger partial charge in [-0.25, -0.2) is 13.2 Å². The summed E-state index contributed by atoms with van der Waals surface area (Å²) >= 11 is 0. The van der Waals surface area contributed by atoms with E-state index < -0.39 is 32.4 Å². The summed E-state index contributed by atoms with van der Waals surface area (Å²) in [5.41, 5.74) is -1.08. The third-order valence-electron chi connectivity index (χ3n) is 3.04. The zero-order valence-electron chi connectivity index (χ0n) is 11.8. The molecule has 0 aromatic heterocycles. The van der Waals surface area contributed by atoms with E-state index >= 15 is 0 Å². The standard InChI is InChI=1S/C15H11F3O4S/c1-22-14(19)10-4-2-6-12(8-10)23(20,21)13-7-3-5-11(9-13)15(16,17)18/h2-9H,1H3. The first-order valence-electron chi connectivity index (χ1n) is 6.27. The summed E-state index contributed by atoms with van der Waals surface area (Å²) < 4.78 is 67.6. The van der Waals surface area contributed by atoms with E-state index in [0.29, 0.717) is 6.07 Å². The second-order valence-corrected chi connectivity index (χ2v) is 6.50. The van der Waals surface area contributed by atoms with Crippen LogP contribution in [-0.4, -0.2) is 21.5 Å². The molecule has 0 unspecified atom stereocenters. The molecule has 23 heavy (non-hydrogen) atoms. The number of benzene rings is 2. The molecule has 4 nitrogen and oxygen atoms in total. The van der Waals surface area contributed by atoms with Gasteiger partial charge in [-0.15, -0.1) is 0 Å². The van der Waals surface area contributed by atoms with Crippen molar-refractivity contribution in [3.8, 4) is 0 Å². The fourth-order valence-corrected chi connectivity index (χ4v) is 3.24. The van der Waals surface area contributed by atoms with Crippen LogP contribution in [0.25, 0.3) is 0 Å². The van der Waals surface area contributed by atoms with Gasteiger partial charge in [-0.3, -0.25) is 0 Å². The van der Waals surface area contributed by atoms with E-state index in [2.05, 4.69) is 4.74 Å². The van der Waals surface area contributed by atoms with Crippen molar-refractivity contribution in [1.29, 1.82) is 0 Å². The molecule has 0 spiro atoms. The zero-order chi connectivity index (χ0) is 17.3. The molecule has 122 valence electrons. The normalized spacial score (nSPS) is 12.0. The minimum atomic E-state index is -4.65. The molecule has 2 aromatic rings. The molecule has 0 saturated heterocycles. The number of methoxy groups -OCH3 is 1. The highest BCUT2D eigenvalue weighted by atomic mass is 32.2. The van der Waals surface area contributed by atoms with Gasteiger partial charge in [0.15, 0.2) is 0 Å². The molecule has 0 heterocycles. The maximum Gasteiger partial charge on any atom is 0.416 e. The maximum absolute atomic E-state index is 12.7. The minimum absolute atomic E-state index is 0.0134. The Morgan fingerprint density at radius 2 is 1.57 bits per heavy atom. The molecule has 2 rings (SSSR count). The van der Waals surface area contributed by atoms with Crippen molar-refractivity contribution in [3.05, 3.63) is 59.7 Å². The molecule has 0 aliphatic heterocycles. The van der Waals surface area contributed by atoms with Crippen LogP contribution in [0.5, 0.6) is 0 Å². The van der Waals surface area contributed by atoms with Gasteiger partial charge in [0.2, 0.25) is 9.84 Å². The fraction of sp³-hybridized carbons (Fsp3) is 0.133. The van der Waals surface area contributed by atoms with Crippen LogP contribution in [0.1, 0.15) is 15.9 Å². The third-order valence-corrected chi connectivity index (χ3v) is 4.79. The van der Waals surface area contributed by atoms with E-state index in [9.17, 15) is 26.4 Å². The number of halogens is 3. The Morgan fingerprint density at radius 1 is 1.00 bits per heavy atom. The van der Waals surface area contributed by atoms with Crippen molar-refractivity contribution in [1.82, 2.24) is 0 Å². The average Bonchev–Trinajstić information content (AvgIpc) is 2.53. The molecule has 0 amide bonds. The van der Waals surface area contributed by atoms with Gasteiger partial charge in [0, 0.05) is 0 Å². The first kappa shape index (κ1) is 17.0. The Labute approximate surface area is 130 Å². The molecule has 0 N–H and O–H groups in total. The SMILES string of the molecule is COC(=O)c1cccc(S(=O)(=O)c2cccc(C(F)(F)F)c2)c1. The van der Waals surface area contributed by atoms with Gasteiger partial charge >= 0.3 is 12.1 Å². The molecule has 0 saturated carbocycles. The predicted molar refractivity (Wildman–Crippen MR) is 74.7 cm³/mol. The molecule has 8 heteroatoms. The molecule has 0 fully saturated rings. The van der Waals surface area contributed by atoms with Gasteiger partial charge in [0.05, 0.1) is 28.0 Å². The Balaban J connectivity index is 2.53. The largest absolute Gasteiger partial charge is 0.465 e. The fourth-order valence-electron chi connectivity index (χ4n) is 1.88. The quantitative estimate of drug-likeness (QED) is 0.802. The average molecular weight is 344 g/mol. The molecule has 0 aliphatic carbocycles. The highest BCUT2D eigenvalue weighted by molar-refractivity contribution is 7.91. The van der Waals surface area contributed by atoms with Crippen LogP contribution in [-0.2, 0) is 20.8 Å². The highest BCUT2D eigenvalue weighted by Crippen LogP contribution is 2.32. The summed E-state index contributed by atoms with van der Waals surface area (Å²) in [5.74, 6) is -0.744. The molecule has 0 radical (unpaired) electrons. The van der Waals surface area contributed by atoms with Gasteiger partial charge < -0.3 is 4.74 Å². The Bertz CT molecular complexity index is 842. The topological polar surface area (TPSA) is 60.4 Å². The van der Waals surface area contributed by atoms with E-state index in [1.165, 1.54) is 18.2 Å². The van der Waals surface area contributed by atoms with Crippen molar-refractivity contribution in [2.45, 2.75) is 16.0 Å². The monoisotopic (exact) mass is 344 g/mol. The van der Waals surface area contributed by atoms with E-state index in [1.807, 2.05) is 0 Å². The highest BCUT2D eigenvalue weighted by Gasteiger charge is 2.32. The van der Waals surface area contributed by atoms with Crippen molar-refractivity contribution < 1.29 is 31.1 Å². The second-order valence-electron chi connectivity index (χ2n) is 4.55. The summed E-state index contributed by atoms with van der Waals surface area (Å²) in [6.45, 7) is 0. The summed E-state index contributed by atoms with van der Waals surface area (Å²) in [6.07, 6.45) is -4.65. The lowest BCUT2D eigenvalue weighted by molar-refractivity contribution is -0.137. The van der Waals surface area contributed by atoms with Crippen molar-refractivity contribution in [2.75, 3.05) is 7.11 Å². The lowest BCUT2D eigenvalue weighted by Gasteiger charge is -2.10. The molecule has 0 bridgehead atoms. The smallest absolute Gasteiger partial charge is 0.416 e. The minimum Gasteiger partial charge on any atom is -0.465 e. The van der Waals surface area contributed by atoms with E-state index in [1.54, 1.807) is 0 Å². The molecular weight excluding hydrogens is 333 g/mol. The van der Waals surface area contributed by atoms with Gasteiger partial charge in [-0.1, -0.05) is 12.1 Å². The van der Waals surface area contributed by atoms with Crippen molar-refractivity contribution >= 4 is 15.8 Å². The molecular formula is C15H11F3O4S. The lowest BCUT2D eigenvalue weighted by atomic mass is 10.2.